The quantitative estimate of drug-likeness (QED) is 0.857. The number of fused-ring (bicyclic) bond motifs is 1. The molecule has 2 heterocycles. The van der Waals surface area contributed by atoms with Crippen LogP contribution in [0.4, 0.5) is 0 Å². The minimum Gasteiger partial charge on any atom is -0.338 e. The van der Waals surface area contributed by atoms with Crippen LogP contribution in [0.5, 0.6) is 0 Å². The molecule has 1 N–H and O–H groups in total. The van der Waals surface area contributed by atoms with E-state index in [-0.39, 0.29) is 0 Å². The maximum absolute atomic E-state index is 4.55. The zero-order valence-electron chi connectivity index (χ0n) is 13.1. The molecule has 5 heteroatoms. The highest BCUT2D eigenvalue weighted by Crippen LogP contribution is 2.22. The summed E-state index contributed by atoms with van der Waals surface area (Å²) in [6.07, 6.45) is 11.1. The summed E-state index contributed by atoms with van der Waals surface area (Å²) < 4.78 is 2.09. The molecule has 0 atom stereocenters. The summed E-state index contributed by atoms with van der Waals surface area (Å²) in [6, 6.07) is 0. The fourth-order valence-electron chi connectivity index (χ4n) is 3.12. The lowest BCUT2D eigenvalue weighted by Crippen LogP contribution is -2.22. The first-order chi connectivity index (χ1) is 10.2. The van der Waals surface area contributed by atoms with Gasteiger partial charge in [-0.15, -0.1) is 0 Å². The number of imidazole rings is 1. The highest BCUT2D eigenvalue weighted by molar-refractivity contribution is 5.26. The Morgan fingerprint density at radius 3 is 2.95 bits per heavy atom. The Morgan fingerprint density at radius 2 is 2.14 bits per heavy atom. The minimum absolute atomic E-state index is 0.927. The van der Waals surface area contributed by atoms with Gasteiger partial charge in [-0.2, -0.15) is 5.10 Å². The van der Waals surface area contributed by atoms with Gasteiger partial charge >= 0.3 is 0 Å². The van der Waals surface area contributed by atoms with Gasteiger partial charge in [0.05, 0.1) is 5.69 Å². The van der Waals surface area contributed by atoms with Crippen LogP contribution in [-0.4, -0.2) is 38.2 Å². The third-order valence-corrected chi connectivity index (χ3v) is 4.45. The Balaban J connectivity index is 1.59. The molecule has 0 unspecified atom stereocenters. The van der Waals surface area contributed by atoms with Crippen molar-refractivity contribution in [3.8, 4) is 0 Å². The van der Waals surface area contributed by atoms with Crippen LogP contribution in [-0.2, 0) is 32.9 Å². The standard InChI is InChI=1S/C16H25N5/c1-20(10-8-16-17-9-11-21(16)2)12-15-13-6-4-3-5-7-14(13)18-19-15/h9,11H,3-8,10,12H2,1-2H3,(H,18,19). The van der Waals surface area contributed by atoms with Crippen LogP contribution in [0.1, 0.15) is 42.0 Å². The predicted octanol–water partition coefficient (Wildman–Crippen LogP) is 2.09. The van der Waals surface area contributed by atoms with Crippen LogP contribution < -0.4 is 0 Å². The summed E-state index contributed by atoms with van der Waals surface area (Å²) in [5.41, 5.74) is 4.10. The van der Waals surface area contributed by atoms with Crippen molar-refractivity contribution >= 4 is 0 Å². The van der Waals surface area contributed by atoms with Crippen molar-refractivity contribution in [3.63, 3.8) is 0 Å². The lowest BCUT2D eigenvalue weighted by atomic mass is 10.1. The van der Waals surface area contributed by atoms with E-state index in [2.05, 4.69) is 38.7 Å². The number of likely N-dealkylation sites (N-methyl/N-ethyl adjacent to an activating group) is 1. The number of aryl methyl sites for hydroxylation is 2. The number of nitrogens with one attached hydrogen (secondary N) is 1. The van der Waals surface area contributed by atoms with E-state index >= 15 is 0 Å². The first kappa shape index (κ1) is 14.3. The zero-order valence-corrected chi connectivity index (χ0v) is 13.1. The SMILES string of the molecule is CN(CCc1nccn1C)Cc1n[nH]c2c1CCCCC2. The van der Waals surface area contributed by atoms with Gasteiger partial charge < -0.3 is 9.47 Å². The monoisotopic (exact) mass is 287 g/mol. The summed E-state index contributed by atoms with van der Waals surface area (Å²) in [5.74, 6) is 1.14. The first-order valence-electron chi connectivity index (χ1n) is 7.94. The van der Waals surface area contributed by atoms with Crippen LogP contribution in [0.15, 0.2) is 12.4 Å². The van der Waals surface area contributed by atoms with Crippen LogP contribution >= 0.6 is 0 Å². The molecule has 2 aromatic rings. The van der Waals surface area contributed by atoms with Crippen molar-refractivity contribution in [2.24, 2.45) is 7.05 Å². The lowest BCUT2D eigenvalue weighted by molar-refractivity contribution is 0.322. The van der Waals surface area contributed by atoms with Gasteiger partial charge in [-0.3, -0.25) is 5.10 Å². The highest BCUT2D eigenvalue weighted by atomic mass is 15.2. The van der Waals surface area contributed by atoms with E-state index in [0.717, 1.165) is 25.3 Å². The number of aromatic nitrogens is 4. The van der Waals surface area contributed by atoms with Crippen molar-refractivity contribution in [1.29, 1.82) is 0 Å². The molecule has 1 aliphatic rings. The van der Waals surface area contributed by atoms with E-state index in [9.17, 15) is 0 Å². The van der Waals surface area contributed by atoms with Gasteiger partial charge in [0.25, 0.3) is 0 Å². The maximum atomic E-state index is 4.55. The number of nitrogens with zero attached hydrogens (tertiary/aromatic N) is 4. The number of H-pyrrole nitrogens is 1. The molecule has 0 bridgehead atoms. The molecule has 21 heavy (non-hydrogen) atoms. The van der Waals surface area contributed by atoms with Gasteiger partial charge in [0.2, 0.25) is 0 Å². The van der Waals surface area contributed by atoms with E-state index in [1.807, 2.05) is 12.4 Å². The average Bonchev–Trinajstić information content (AvgIpc) is 2.96. The van der Waals surface area contributed by atoms with Crippen molar-refractivity contribution in [3.05, 3.63) is 35.2 Å². The fraction of sp³-hybridized carbons (Fsp3) is 0.625. The van der Waals surface area contributed by atoms with E-state index in [4.69, 9.17) is 0 Å². The fourth-order valence-corrected chi connectivity index (χ4v) is 3.12. The van der Waals surface area contributed by atoms with Crippen molar-refractivity contribution in [2.75, 3.05) is 13.6 Å². The molecule has 3 rings (SSSR count). The Bertz CT molecular complexity index is 583. The first-order valence-corrected chi connectivity index (χ1v) is 7.94. The molecule has 5 nitrogen and oxygen atoms in total. The number of hydrogen-bond acceptors (Lipinski definition) is 3. The largest absolute Gasteiger partial charge is 0.338 e. The number of hydrogen-bond donors (Lipinski definition) is 1. The van der Waals surface area contributed by atoms with Gasteiger partial charge in [-0.1, -0.05) is 6.42 Å². The van der Waals surface area contributed by atoms with Crippen LogP contribution in [0.25, 0.3) is 0 Å². The normalized spacial score (nSPS) is 15.2. The second-order valence-electron chi connectivity index (χ2n) is 6.13. The maximum Gasteiger partial charge on any atom is 0.109 e. The highest BCUT2D eigenvalue weighted by Gasteiger charge is 2.16. The third-order valence-electron chi connectivity index (χ3n) is 4.45. The molecular formula is C16H25N5. The van der Waals surface area contributed by atoms with Crippen LogP contribution in [0.2, 0.25) is 0 Å². The molecule has 0 saturated heterocycles. The molecule has 0 aliphatic heterocycles. The summed E-state index contributed by atoms with van der Waals surface area (Å²) >= 11 is 0. The van der Waals surface area contributed by atoms with Crippen molar-refractivity contribution in [1.82, 2.24) is 24.6 Å². The lowest BCUT2D eigenvalue weighted by Gasteiger charge is -2.16. The molecule has 0 fully saturated rings. The molecule has 0 saturated carbocycles. The van der Waals surface area contributed by atoms with Gasteiger partial charge in [0.15, 0.2) is 0 Å². The van der Waals surface area contributed by atoms with Gasteiger partial charge in [-0.05, 0) is 38.3 Å². The summed E-state index contributed by atoms with van der Waals surface area (Å²) in [7, 11) is 4.22. The van der Waals surface area contributed by atoms with E-state index in [1.54, 1.807) is 0 Å². The summed E-state index contributed by atoms with van der Waals surface area (Å²) in [4.78, 5) is 6.73. The Morgan fingerprint density at radius 1 is 1.29 bits per heavy atom. The van der Waals surface area contributed by atoms with E-state index < -0.39 is 0 Å². The molecule has 0 aromatic carbocycles. The molecule has 0 radical (unpaired) electrons. The molecule has 0 spiro atoms. The van der Waals surface area contributed by atoms with Crippen LogP contribution in [0.3, 0.4) is 0 Å². The minimum atomic E-state index is 0.927. The third kappa shape index (κ3) is 3.35. The Kier molecular flexibility index (Phi) is 4.39. The van der Waals surface area contributed by atoms with Crippen molar-refractivity contribution < 1.29 is 0 Å². The molecule has 2 aromatic heterocycles. The van der Waals surface area contributed by atoms with Gasteiger partial charge in [0.1, 0.15) is 5.82 Å². The zero-order chi connectivity index (χ0) is 14.7. The molecule has 114 valence electrons. The van der Waals surface area contributed by atoms with Crippen molar-refractivity contribution in [2.45, 2.75) is 45.1 Å². The average molecular weight is 287 g/mol. The van der Waals surface area contributed by atoms with E-state index in [1.165, 1.54) is 49.1 Å². The predicted molar refractivity (Wildman–Crippen MR) is 83.1 cm³/mol. The summed E-state index contributed by atoms with van der Waals surface area (Å²) in [6.45, 7) is 1.93. The molecule has 1 aliphatic carbocycles. The Hall–Kier alpha value is -1.62. The smallest absolute Gasteiger partial charge is 0.109 e. The topological polar surface area (TPSA) is 49.7 Å². The summed E-state index contributed by atoms with van der Waals surface area (Å²) in [5, 5.41) is 7.81. The van der Waals surface area contributed by atoms with Gasteiger partial charge in [-0.25, -0.2) is 4.98 Å². The van der Waals surface area contributed by atoms with Gasteiger partial charge in [0, 0.05) is 44.6 Å². The molecular weight excluding hydrogens is 262 g/mol. The van der Waals surface area contributed by atoms with E-state index in [0.29, 0.717) is 0 Å². The second kappa shape index (κ2) is 6.43. The van der Waals surface area contributed by atoms with Crippen LogP contribution in [0, 0.1) is 0 Å². The number of aromatic amines is 1. The molecule has 0 amide bonds. The second-order valence-corrected chi connectivity index (χ2v) is 6.13. The Labute approximate surface area is 126 Å². The number of rotatable bonds is 5.